The van der Waals surface area contributed by atoms with Crippen molar-refractivity contribution in [2.45, 2.75) is 20.3 Å². The van der Waals surface area contributed by atoms with Crippen LogP contribution in [0.15, 0.2) is 11.8 Å². The molecule has 0 aromatic heterocycles. The van der Waals surface area contributed by atoms with Crippen molar-refractivity contribution >= 4 is 11.7 Å². The molecule has 1 aliphatic heterocycles. The van der Waals surface area contributed by atoms with Gasteiger partial charge in [0.25, 0.3) is 0 Å². The molecule has 0 radical (unpaired) electrons. The fourth-order valence-electron chi connectivity index (χ4n) is 1.53. The number of carbonyl (C=O) groups excluding carboxylic acids is 2. The lowest BCUT2D eigenvalue weighted by molar-refractivity contribution is -0.126. The highest BCUT2D eigenvalue weighted by molar-refractivity contribution is 5.89. The van der Waals surface area contributed by atoms with Crippen molar-refractivity contribution < 1.29 is 9.59 Å². The van der Waals surface area contributed by atoms with E-state index in [4.69, 9.17) is 6.42 Å². The average molecular weight is 191 g/mol. The first-order chi connectivity index (χ1) is 6.54. The number of terminal acetylenes is 1. The summed E-state index contributed by atoms with van der Waals surface area (Å²) < 4.78 is 0. The molecule has 0 saturated carbocycles. The van der Waals surface area contributed by atoms with Crippen molar-refractivity contribution in [3.05, 3.63) is 11.8 Å². The zero-order chi connectivity index (χ0) is 10.7. The molecule has 1 atom stereocenters. The van der Waals surface area contributed by atoms with E-state index < -0.39 is 0 Å². The summed E-state index contributed by atoms with van der Waals surface area (Å²) >= 11 is 0. The topological polar surface area (TPSA) is 37.4 Å². The maximum Gasteiger partial charge on any atom is 0.228 e. The van der Waals surface area contributed by atoms with Crippen molar-refractivity contribution in [3.8, 4) is 12.3 Å². The summed E-state index contributed by atoms with van der Waals surface area (Å²) in [5.74, 6) is 2.49. The first-order valence-corrected chi connectivity index (χ1v) is 4.50. The van der Waals surface area contributed by atoms with Gasteiger partial charge in [0.1, 0.15) is 0 Å². The Hall–Kier alpha value is -1.56. The van der Waals surface area contributed by atoms with Gasteiger partial charge in [-0.05, 0) is 13.8 Å². The van der Waals surface area contributed by atoms with E-state index in [9.17, 15) is 9.59 Å². The van der Waals surface area contributed by atoms with E-state index in [-0.39, 0.29) is 17.6 Å². The number of ketones is 1. The van der Waals surface area contributed by atoms with Crippen LogP contribution in [0, 0.1) is 18.3 Å². The molecule has 1 saturated heterocycles. The average Bonchev–Trinajstić information content (AvgIpc) is 2.45. The minimum Gasteiger partial charge on any atom is -0.315 e. The fourth-order valence-corrected chi connectivity index (χ4v) is 1.53. The lowest BCUT2D eigenvalue weighted by atomic mass is 10.1. The number of allylic oxidation sites excluding steroid dienone is 2. The van der Waals surface area contributed by atoms with Crippen LogP contribution in [0.25, 0.3) is 0 Å². The third-order valence-electron chi connectivity index (χ3n) is 2.20. The van der Waals surface area contributed by atoms with Gasteiger partial charge in [-0.25, -0.2) is 0 Å². The van der Waals surface area contributed by atoms with Gasteiger partial charge in [0.2, 0.25) is 5.91 Å². The smallest absolute Gasteiger partial charge is 0.228 e. The van der Waals surface area contributed by atoms with Gasteiger partial charge in [0, 0.05) is 30.7 Å². The van der Waals surface area contributed by atoms with Gasteiger partial charge in [0.15, 0.2) is 5.78 Å². The Bertz CT molecular complexity index is 336. The van der Waals surface area contributed by atoms with Crippen molar-refractivity contribution in [3.63, 3.8) is 0 Å². The number of hydrogen-bond donors (Lipinski definition) is 0. The van der Waals surface area contributed by atoms with Crippen LogP contribution in [0.1, 0.15) is 20.3 Å². The van der Waals surface area contributed by atoms with Gasteiger partial charge in [-0.1, -0.05) is 0 Å². The van der Waals surface area contributed by atoms with Crippen LogP contribution in [0.2, 0.25) is 0 Å². The minimum absolute atomic E-state index is 0.00273. The molecule has 1 fully saturated rings. The summed E-state index contributed by atoms with van der Waals surface area (Å²) in [6, 6.07) is 0. The summed E-state index contributed by atoms with van der Waals surface area (Å²) in [6.45, 7) is 3.74. The van der Waals surface area contributed by atoms with E-state index in [0.29, 0.717) is 18.7 Å². The molecule has 0 N–H and O–H groups in total. The number of rotatable bonds is 2. The molecule has 14 heavy (non-hydrogen) atoms. The van der Waals surface area contributed by atoms with Crippen LogP contribution in [0.4, 0.5) is 0 Å². The maximum absolute atomic E-state index is 11.4. The molecular formula is C11H13NO2. The Morgan fingerprint density at radius 1 is 1.64 bits per heavy atom. The van der Waals surface area contributed by atoms with Gasteiger partial charge in [-0.3, -0.25) is 9.59 Å². The van der Waals surface area contributed by atoms with E-state index in [0.717, 1.165) is 0 Å². The van der Waals surface area contributed by atoms with Crippen LogP contribution in [-0.2, 0) is 9.59 Å². The lowest BCUT2D eigenvalue weighted by Crippen LogP contribution is -2.23. The van der Waals surface area contributed by atoms with Crippen molar-refractivity contribution in [1.29, 1.82) is 0 Å². The molecule has 0 spiro atoms. The summed E-state index contributed by atoms with van der Waals surface area (Å²) in [5.41, 5.74) is 0.681. The SMILES string of the molecule is C#CC1CC(=O)N(C(C)=CC(C)=O)C1. The monoisotopic (exact) mass is 191 g/mol. The number of amides is 1. The summed E-state index contributed by atoms with van der Waals surface area (Å²) in [7, 11) is 0. The van der Waals surface area contributed by atoms with Crippen LogP contribution in [0.3, 0.4) is 0 Å². The maximum atomic E-state index is 11.4. The molecular weight excluding hydrogens is 178 g/mol. The van der Waals surface area contributed by atoms with Crippen LogP contribution >= 0.6 is 0 Å². The van der Waals surface area contributed by atoms with Gasteiger partial charge < -0.3 is 4.90 Å². The van der Waals surface area contributed by atoms with Crippen LogP contribution in [-0.4, -0.2) is 23.1 Å². The Morgan fingerprint density at radius 3 is 2.71 bits per heavy atom. The normalized spacial score (nSPS) is 22.4. The molecule has 0 aromatic rings. The molecule has 1 heterocycles. The number of carbonyl (C=O) groups is 2. The van der Waals surface area contributed by atoms with E-state index in [1.54, 1.807) is 11.8 Å². The fraction of sp³-hybridized carbons (Fsp3) is 0.455. The quantitative estimate of drug-likeness (QED) is 0.481. The minimum atomic E-state index is -0.0561. The van der Waals surface area contributed by atoms with Crippen molar-refractivity contribution in [2.75, 3.05) is 6.54 Å². The van der Waals surface area contributed by atoms with Gasteiger partial charge in [-0.15, -0.1) is 12.3 Å². The van der Waals surface area contributed by atoms with E-state index in [1.165, 1.54) is 13.0 Å². The van der Waals surface area contributed by atoms with Crippen molar-refractivity contribution in [2.24, 2.45) is 5.92 Å². The first kappa shape index (κ1) is 10.5. The zero-order valence-electron chi connectivity index (χ0n) is 8.41. The number of likely N-dealkylation sites (tertiary alicyclic amines) is 1. The highest BCUT2D eigenvalue weighted by Crippen LogP contribution is 2.20. The van der Waals surface area contributed by atoms with Crippen LogP contribution < -0.4 is 0 Å². The third kappa shape index (κ3) is 2.23. The Labute approximate surface area is 83.8 Å². The Morgan fingerprint density at radius 2 is 2.29 bits per heavy atom. The summed E-state index contributed by atoms with van der Waals surface area (Å²) in [6.07, 6.45) is 7.09. The lowest BCUT2D eigenvalue weighted by Gasteiger charge is -2.15. The molecule has 74 valence electrons. The standard InChI is InChI=1S/C11H13NO2/c1-4-10-6-11(14)12(7-10)8(2)5-9(3)13/h1,5,10H,6-7H2,2-3H3. The predicted molar refractivity (Wildman–Crippen MR) is 53.1 cm³/mol. The Kier molecular flexibility index (Phi) is 3.08. The van der Waals surface area contributed by atoms with Gasteiger partial charge in [0.05, 0.1) is 0 Å². The van der Waals surface area contributed by atoms with Gasteiger partial charge >= 0.3 is 0 Å². The second kappa shape index (κ2) is 4.10. The van der Waals surface area contributed by atoms with E-state index in [2.05, 4.69) is 5.92 Å². The molecule has 3 nitrogen and oxygen atoms in total. The first-order valence-electron chi connectivity index (χ1n) is 4.50. The molecule has 0 aromatic carbocycles. The molecule has 1 amide bonds. The largest absolute Gasteiger partial charge is 0.315 e. The van der Waals surface area contributed by atoms with Crippen molar-refractivity contribution in [1.82, 2.24) is 4.90 Å². The summed E-state index contributed by atoms with van der Waals surface area (Å²) in [4.78, 5) is 23.8. The summed E-state index contributed by atoms with van der Waals surface area (Å²) in [5, 5.41) is 0. The highest BCUT2D eigenvalue weighted by Gasteiger charge is 2.29. The van der Waals surface area contributed by atoms with E-state index >= 15 is 0 Å². The van der Waals surface area contributed by atoms with Crippen LogP contribution in [0.5, 0.6) is 0 Å². The van der Waals surface area contributed by atoms with Gasteiger partial charge in [-0.2, -0.15) is 0 Å². The zero-order valence-corrected chi connectivity index (χ0v) is 8.41. The second-order valence-electron chi connectivity index (χ2n) is 3.47. The molecule has 3 heteroatoms. The third-order valence-corrected chi connectivity index (χ3v) is 2.20. The number of hydrogen-bond acceptors (Lipinski definition) is 2. The molecule has 1 aliphatic rings. The predicted octanol–water partition coefficient (Wildman–Crippen LogP) is 0.961. The molecule has 0 bridgehead atoms. The molecule has 1 unspecified atom stereocenters. The molecule has 1 rings (SSSR count). The Balaban J connectivity index is 2.76. The van der Waals surface area contributed by atoms with E-state index in [1.807, 2.05) is 0 Å². The second-order valence-corrected chi connectivity index (χ2v) is 3.47. The highest BCUT2D eigenvalue weighted by atomic mass is 16.2. The molecule has 0 aliphatic carbocycles. The number of nitrogens with zero attached hydrogens (tertiary/aromatic N) is 1.